The van der Waals surface area contributed by atoms with Gasteiger partial charge in [0, 0.05) is 19.7 Å². The number of fused-ring (bicyclic) bond motifs is 2. The Labute approximate surface area is 203 Å². The van der Waals surface area contributed by atoms with Gasteiger partial charge in [-0.2, -0.15) is 0 Å². The molecule has 0 saturated heterocycles. The van der Waals surface area contributed by atoms with E-state index < -0.39 is 18.4 Å². The molecule has 2 aromatic carbocycles. The average Bonchev–Trinajstić information content (AvgIpc) is 2.98. The van der Waals surface area contributed by atoms with E-state index in [-0.39, 0.29) is 35.3 Å². The van der Waals surface area contributed by atoms with Gasteiger partial charge in [0.05, 0.1) is 31.5 Å². The Kier molecular flexibility index (Phi) is 6.97. The van der Waals surface area contributed by atoms with Crippen LogP contribution in [0.5, 0.6) is 17.2 Å². The number of hydrogen-bond acceptors (Lipinski definition) is 7. The number of aromatic hydroxyl groups is 1. The summed E-state index contributed by atoms with van der Waals surface area (Å²) in [6, 6.07) is 9.88. The number of rotatable bonds is 6. The first-order valence-electron chi connectivity index (χ1n) is 11.1. The lowest BCUT2D eigenvalue weighted by molar-refractivity contribution is 0.0175. The Morgan fingerprint density at radius 1 is 1.17 bits per heavy atom. The van der Waals surface area contributed by atoms with Crippen LogP contribution in [0.25, 0.3) is 5.57 Å². The maximum Gasteiger partial charge on any atom is 0.416 e. The lowest BCUT2D eigenvalue weighted by Crippen LogP contribution is -2.55. The van der Waals surface area contributed by atoms with Crippen LogP contribution in [0.4, 0.5) is 10.5 Å². The molecule has 184 valence electrons. The molecule has 1 unspecified atom stereocenters. The van der Waals surface area contributed by atoms with Gasteiger partial charge in [-0.25, -0.2) is 9.69 Å². The van der Waals surface area contributed by atoms with Gasteiger partial charge in [0.15, 0.2) is 17.7 Å². The molecular formula is C26H28N2O7. The van der Waals surface area contributed by atoms with Gasteiger partial charge in [0.25, 0.3) is 5.91 Å². The average molecular weight is 481 g/mol. The summed E-state index contributed by atoms with van der Waals surface area (Å²) in [6.45, 7) is 3.87. The second-order valence-corrected chi connectivity index (χ2v) is 8.09. The summed E-state index contributed by atoms with van der Waals surface area (Å²) >= 11 is 0. The van der Waals surface area contributed by atoms with Crippen molar-refractivity contribution in [2.24, 2.45) is 0 Å². The van der Waals surface area contributed by atoms with Gasteiger partial charge in [0.1, 0.15) is 12.4 Å². The summed E-state index contributed by atoms with van der Waals surface area (Å²) < 4.78 is 21.6. The second-order valence-electron chi connectivity index (χ2n) is 8.09. The van der Waals surface area contributed by atoms with Crippen LogP contribution in [-0.2, 0) is 9.47 Å². The molecular weight excluding hydrogens is 452 g/mol. The monoisotopic (exact) mass is 480 g/mol. The Bertz CT molecular complexity index is 1160. The highest BCUT2D eigenvalue weighted by molar-refractivity contribution is 6.06. The third kappa shape index (κ3) is 4.42. The first kappa shape index (κ1) is 24.2. The first-order chi connectivity index (χ1) is 16.9. The van der Waals surface area contributed by atoms with Crippen molar-refractivity contribution in [3.05, 3.63) is 66.3 Å². The van der Waals surface area contributed by atoms with Crippen molar-refractivity contribution in [2.45, 2.75) is 18.7 Å². The zero-order valence-electron chi connectivity index (χ0n) is 19.9. The highest BCUT2D eigenvalue weighted by atomic mass is 16.6. The van der Waals surface area contributed by atoms with Crippen LogP contribution < -0.4 is 14.4 Å². The molecule has 2 aliphatic rings. The predicted molar refractivity (Wildman–Crippen MR) is 130 cm³/mol. The summed E-state index contributed by atoms with van der Waals surface area (Å²) in [5.41, 5.74) is 2.36. The summed E-state index contributed by atoms with van der Waals surface area (Å²) in [6.07, 6.45) is 2.27. The van der Waals surface area contributed by atoms with Crippen LogP contribution in [0.2, 0.25) is 0 Å². The van der Waals surface area contributed by atoms with E-state index in [0.29, 0.717) is 13.0 Å². The van der Waals surface area contributed by atoms with Gasteiger partial charge >= 0.3 is 6.09 Å². The number of carbonyl (C=O) groups is 2. The van der Waals surface area contributed by atoms with Crippen molar-refractivity contribution in [1.29, 1.82) is 0 Å². The van der Waals surface area contributed by atoms with Crippen molar-refractivity contribution in [1.82, 2.24) is 4.90 Å². The number of phenols is 1. The SMILES string of the molecule is C=CCOC(=O)N1c2cc(O)c(OC)cc2C(=O)N2CC=C(c3ccc(OC)cc3)C[C@H]2C1OC. The van der Waals surface area contributed by atoms with Crippen molar-refractivity contribution < 1.29 is 33.6 Å². The number of ether oxygens (including phenoxy) is 4. The number of carbonyl (C=O) groups excluding carboxylic acids is 2. The van der Waals surface area contributed by atoms with Crippen molar-refractivity contribution in [3.8, 4) is 17.2 Å². The number of methoxy groups -OCH3 is 3. The van der Waals surface area contributed by atoms with Crippen LogP contribution in [-0.4, -0.2) is 68.8 Å². The number of nitrogens with zero attached hydrogens (tertiary/aromatic N) is 2. The maximum atomic E-state index is 13.7. The van der Waals surface area contributed by atoms with Gasteiger partial charge in [0.2, 0.25) is 0 Å². The fourth-order valence-electron chi connectivity index (χ4n) is 4.51. The Morgan fingerprint density at radius 3 is 2.54 bits per heavy atom. The normalized spacial score (nSPS) is 19.2. The Morgan fingerprint density at radius 2 is 1.91 bits per heavy atom. The minimum atomic E-state index is -0.882. The predicted octanol–water partition coefficient (Wildman–Crippen LogP) is 3.82. The molecule has 2 atom stereocenters. The van der Waals surface area contributed by atoms with E-state index in [1.807, 2.05) is 30.3 Å². The fourth-order valence-corrected chi connectivity index (χ4v) is 4.51. The van der Waals surface area contributed by atoms with Gasteiger partial charge < -0.3 is 29.0 Å². The molecule has 0 fully saturated rings. The van der Waals surface area contributed by atoms with Crippen LogP contribution >= 0.6 is 0 Å². The van der Waals surface area contributed by atoms with E-state index in [9.17, 15) is 14.7 Å². The molecule has 2 heterocycles. The molecule has 0 saturated carbocycles. The second kappa shape index (κ2) is 10.1. The number of amides is 2. The number of phenolic OH excluding ortho intramolecular Hbond substituents is 1. The van der Waals surface area contributed by atoms with Crippen LogP contribution in [0.1, 0.15) is 22.3 Å². The van der Waals surface area contributed by atoms with Gasteiger partial charge in [-0.3, -0.25) is 4.79 Å². The molecule has 0 spiro atoms. The van der Waals surface area contributed by atoms with E-state index in [0.717, 1.165) is 16.9 Å². The molecule has 4 rings (SSSR count). The Balaban J connectivity index is 1.81. The molecule has 0 radical (unpaired) electrons. The number of benzene rings is 2. The summed E-state index contributed by atoms with van der Waals surface area (Å²) in [5, 5.41) is 10.5. The fraction of sp³-hybridized carbons (Fsp3) is 0.308. The molecule has 0 aliphatic carbocycles. The molecule has 9 heteroatoms. The van der Waals surface area contributed by atoms with E-state index in [2.05, 4.69) is 6.58 Å². The quantitative estimate of drug-likeness (QED) is 0.628. The summed E-state index contributed by atoms with van der Waals surface area (Å²) in [4.78, 5) is 29.9. The van der Waals surface area contributed by atoms with Gasteiger partial charge in [-0.1, -0.05) is 30.9 Å². The molecule has 0 aromatic heterocycles. The van der Waals surface area contributed by atoms with E-state index in [1.165, 1.54) is 37.3 Å². The third-order valence-corrected chi connectivity index (χ3v) is 6.22. The summed E-state index contributed by atoms with van der Waals surface area (Å²) in [5.74, 6) is 0.337. The largest absolute Gasteiger partial charge is 0.504 e. The topological polar surface area (TPSA) is 97.8 Å². The van der Waals surface area contributed by atoms with Crippen molar-refractivity contribution in [2.75, 3.05) is 39.4 Å². The minimum Gasteiger partial charge on any atom is -0.504 e. The van der Waals surface area contributed by atoms with Gasteiger partial charge in [-0.05, 0) is 35.8 Å². The lowest BCUT2D eigenvalue weighted by Gasteiger charge is -2.40. The first-order valence-corrected chi connectivity index (χ1v) is 11.1. The smallest absolute Gasteiger partial charge is 0.416 e. The zero-order chi connectivity index (χ0) is 25.1. The van der Waals surface area contributed by atoms with Crippen LogP contribution in [0, 0.1) is 0 Å². The van der Waals surface area contributed by atoms with E-state index in [4.69, 9.17) is 18.9 Å². The highest BCUT2D eigenvalue weighted by Gasteiger charge is 2.45. The highest BCUT2D eigenvalue weighted by Crippen LogP contribution is 2.42. The molecule has 1 N–H and O–H groups in total. The number of anilines is 1. The third-order valence-electron chi connectivity index (χ3n) is 6.22. The molecule has 2 aromatic rings. The molecule has 2 amide bonds. The zero-order valence-corrected chi connectivity index (χ0v) is 19.9. The van der Waals surface area contributed by atoms with Crippen molar-refractivity contribution >= 4 is 23.3 Å². The van der Waals surface area contributed by atoms with E-state index >= 15 is 0 Å². The molecule has 35 heavy (non-hydrogen) atoms. The lowest BCUT2D eigenvalue weighted by atomic mass is 9.92. The molecule has 0 bridgehead atoms. The molecule has 9 nitrogen and oxygen atoms in total. The maximum absolute atomic E-state index is 13.7. The van der Waals surface area contributed by atoms with Crippen LogP contribution in [0.15, 0.2) is 55.1 Å². The minimum absolute atomic E-state index is 0.0252. The number of hydrogen-bond donors (Lipinski definition) is 1. The Hall–Kier alpha value is -3.98. The van der Waals surface area contributed by atoms with E-state index in [1.54, 1.807) is 12.0 Å². The van der Waals surface area contributed by atoms with Crippen molar-refractivity contribution in [3.63, 3.8) is 0 Å². The summed E-state index contributed by atoms with van der Waals surface area (Å²) in [7, 11) is 4.47. The molecule has 2 aliphatic heterocycles. The van der Waals surface area contributed by atoms with Crippen LogP contribution in [0.3, 0.4) is 0 Å². The standard InChI is InChI=1S/C26H28N2O7/c1-5-12-35-26(31)28-20-15-22(29)23(33-3)14-19(20)24(30)27-11-10-17(13-21(27)25(28)34-4)16-6-8-18(32-2)9-7-16/h5-10,14-15,21,25,29H,1,11-13H2,2-4H3/t21-,25?/m0/s1. The van der Waals surface area contributed by atoms with Gasteiger partial charge in [-0.15, -0.1) is 0 Å².